The number of amidine groups is 1. The molecule has 0 radical (unpaired) electrons. The number of halogens is 1. The average Bonchev–Trinajstić information content (AvgIpc) is 3.00. The highest BCUT2D eigenvalue weighted by molar-refractivity contribution is 9.10. The number of rotatable bonds is 5. The van der Waals surface area contributed by atoms with Crippen molar-refractivity contribution in [2.24, 2.45) is 5.16 Å². The van der Waals surface area contributed by atoms with Gasteiger partial charge in [0.15, 0.2) is 5.84 Å². The van der Waals surface area contributed by atoms with Crippen LogP contribution in [-0.2, 0) is 16.5 Å². The Balaban J connectivity index is 1.74. The molecule has 2 aromatic carbocycles. The molecule has 0 unspecified atom stereocenters. The van der Waals surface area contributed by atoms with Crippen molar-refractivity contribution in [3.8, 4) is 0 Å². The van der Waals surface area contributed by atoms with E-state index in [1.807, 2.05) is 17.8 Å². The fourth-order valence-electron chi connectivity index (χ4n) is 1.96. The first-order valence-corrected chi connectivity index (χ1v) is 8.94. The number of benzene rings is 2. The second kappa shape index (κ2) is 7.24. The van der Waals surface area contributed by atoms with Gasteiger partial charge in [0, 0.05) is 21.5 Å². The van der Waals surface area contributed by atoms with Crippen molar-refractivity contribution < 1.29 is 4.28 Å². The van der Waals surface area contributed by atoms with Crippen molar-refractivity contribution in [3.05, 3.63) is 64.1 Å². The Morgan fingerprint density at radius 3 is 2.81 bits per heavy atom. The van der Waals surface area contributed by atoms with Gasteiger partial charge in [-0.2, -0.15) is 0 Å². The van der Waals surface area contributed by atoms with Crippen LogP contribution in [0.25, 0.3) is 0 Å². The van der Waals surface area contributed by atoms with E-state index in [1.165, 1.54) is 16.0 Å². The summed E-state index contributed by atoms with van der Waals surface area (Å²) in [7, 11) is 0. The van der Waals surface area contributed by atoms with E-state index in [0.29, 0.717) is 0 Å². The van der Waals surface area contributed by atoms with Crippen LogP contribution in [-0.4, -0.2) is 5.84 Å². The van der Waals surface area contributed by atoms with Crippen molar-refractivity contribution in [1.29, 1.82) is 0 Å². The van der Waals surface area contributed by atoms with Gasteiger partial charge in [0.25, 0.3) is 0 Å². The molecule has 2 aromatic rings. The van der Waals surface area contributed by atoms with Crippen LogP contribution in [0.15, 0.2) is 63.1 Å². The number of hydrogen-bond donors (Lipinski definition) is 1. The van der Waals surface area contributed by atoms with Crippen LogP contribution in [0, 0.1) is 0 Å². The van der Waals surface area contributed by atoms with Crippen LogP contribution in [0.4, 0.5) is 0 Å². The van der Waals surface area contributed by atoms with Crippen LogP contribution in [0.1, 0.15) is 11.1 Å². The predicted molar refractivity (Wildman–Crippen MR) is 93.1 cm³/mol. The van der Waals surface area contributed by atoms with Gasteiger partial charge in [-0.25, -0.2) is 0 Å². The zero-order chi connectivity index (χ0) is 14.5. The maximum Gasteiger partial charge on any atom is 0.208 e. The van der Waals surface area contributed by atoms with Gasteiger partial charge in [0.05, 0.1) is 0 Å². The number of nitrogens with zero attached hydrogens (tertiary/aromatic N) is 1. The zero-order valence-corrected chi connectivity index (χ0v) is 14.3. The summed E-state index contributed by atoms with van der Waals surface area (Å²) in [6.45, 7) is 0. The molecule has 1 heterocycles. The third kappa shape index (κ3) is 4.18. The highest BCUT2D eigenvalue weighted by Crippen LogP contribution is 2.29. The first-order valence-electron chi connectivity index (χ1n) is 6.42. The second-order valence-corrected chi connectivity index (χ2v) is 6.95. The fraction of sp³-hybridized carbons (Fsp3) is 0.133. The Kier molecular flexibility index (Phi) is 5.11. The SMILES string of the molecule is Brc1ccc(SCc2ccccc2)c(CC2=NOSN2)c1. The van der Waals surface area contributed by atoms with Crippen molar-refractivity contribution in [2.75, 3.05) is 0 Å². The standard InChI is InChI=1S/C15H13BrN2OS2/c16-13-6-7-14(20-10-11-4-2-1-3-5-11)12(8-13)9-15-17-19-21-18-15/h1-8H,9-10H2,(H,17,18). The zero-order valence-electron chi connectivity index (χ0n) is 11.1. The number of thioether (sulfide) groups is 1. The highest BCUT2D eigenvalue weighted by atomic mass is 79.9. The molecule has 0 atom stereocenters. The van der Waals surface area contributed by atoms with Crippen LogP contribution in [0.3, 0.4) is 0 Å². The number of nitrogens with one attached hydrogen (secondary N) is 1. The fourth-order valence-corrected chi connectivity index (χ4v) is 3.73. The van der Waals surface area contributed by atoms with Gasteiger partial charge in [0.1, 0.15) is 0 Å². The summed E-state index contributed by atoms with van der Waals surface area (Å²) >= 11 is 6.53. The minimum atomic E-state index is 0.740. The first kappa shape index (κ1) is 14.8. The summed E-state index contributed by atoms with van der Waals surface area (Å²) in [5.41, 5.74) is 2.56. The summed E-state index contributed by atoms with van der Waals surface area (Å²) < 4.78 is 9.03. The molecule has 0 spiro atoms. The van der Waals surface area contributed by atoms with E-state index in [4.69, 9.17) is 4.28 Å². The molecule has 1 aliphatic rings. The average molecular weight is 381 g/mol. The lowest BCUT2D eigenvalue weighted by Gasteiger charge is -2.09. The Labute approximate surface area is 141 Å². The molecule has 3 rings (SSSR count). The van der Waals surface area contributed by atoms with Gasteiger partial charge in [-0.3, -0.25) is 9.01 Å². The van der Waals surface area contributed by atoms with Gasteiger partial charge < -0.3 is 0 Å². The molecule has 21 heavy (non-hydrogen) atoms. The van der Waals surface area contributed by atoms with Crippen molar-refractivity contribution in [3.63, 3.8) is 0 Å². The maximum absolute atomic E-state index is 4.90. The molecule has 0 saturated carbocycles. The van der Waals surface area contributed by atoms with Crippen LogP contribution in [0.5, 0.6) is 0 Å². The van der Waals surface area contributed by atoms with Gasteiger partial charge in [-0.15, -0.1) is 11.8 Å². The molecule has 0 bridgehead atoms. The second-order valence-electron chi connectivity index (χ2n) is 4.50. The molecule has 0 amide bonds. The van der Waals surface area contributed by atoms with Crippen LogP contribution < -0.4 is 4.72 Å². The van der Waals surface area contributed by atoms with Crippen molar-refractivity contribution >= 4 is 45.8 Å². The summed E-state index contributed by atoms with van der Waals surface area (Å²) in [5, 5.41) is 3.96. The summed E-state index contributed by atoms with van der Waals surface area (Å²) in [5.74, 6) is 1.81. The van der Waals surface area contributed by atoms with E-state index < -0.39 is 0 Å². The Hall–Kier alpha value is -1.11. The highest BCUT2D eigenvalue weighted by Gasteiger charge is 2.13. The van der Waals surface area contributed by atoms with Crippen molar-refractivity contribution in [1.82, 2.24) is 4.72 Å². The quantitative estimate of drug-likeness (QED) is 0.459. The van der Waals surface area contributed by atoms with Gasteiger partial charge in [0.2, 0.25) is 12.2 Å². The van der Waals surface area contributed by atoms with Gasteiger partial charge >= 0.3 is 0 Å². The lowest BCUT2D eigenvalue weighted by molar-refractivity contribution is 0.415. The maximum atomic E-state index is 4.90. The smallest absolute Gasteiger partial charge is 0.208 e. The number of oxime groups is 1. The van der Waals surface area contributed by atoms with E-state index in [9.17, 15) is 0 Å². The third-order valence-electron chi connectivity index (χ3n) is 2.96. The molecule has 0 fully saturated rings. The number of hydrogen-bond acceptors (Lipinski definition) is 5. The van der Waals surface area contributed by atoms with Crippen LogP contribution >= 0.6 is 39.9 Å². The predicted octanol–water partition coefficient (Wildman–Crippen LogP) is 4.78. The molecule has 0 aromatic heterocycles. The van der Waals surface area contributed by atoms with Gasteiger partial charge in [-0.1, -0.05) is 51.4 Å². The Morgan fingerprint density at radius 1 is 1.19 bits per heavy atom. The Morgan fingerprint density at radius 2 is 2.05 bits per heavy atom. The molecule has 6 heteroatoms. The molecule has 0 aliphatic carbocycles. The molecular weight excluding hydrogens is 368 g/mol. The van der Waals surface area contributed by atoms with E-state index in [1.54, 1.807) is 0 Å². The van der Waals surface area contributed by atoms with Gasteiger partial charge in [-0.05, 0) is 29.3 Å². The monoisotopic (exact) mass is 380 g/mol. The van der Waals surface area contributed by atoms with E-state index in [-0.39, 0.29) is 0 Å². The van der Waals surface area contributed by atoms with E-state index >= 15 is 0 Å². The minimum Gasteiger partial charge on any atom is -0.297 e. The molecule has 1 N–H and O–H groups in total. The van der Waals surface area contributed by atoms with E-state index in [2.05, 4.69) is 68.3 Å². The summed E-state index contributed by atoms with van der Waals surface area (Å²) in [6.07, 6.45) is 0.740. The topological polar surface area (TPSA) is 33.6 Å². The largest absolute Gasteiger partial charge is 0.297 e. The minimum absolute atomic E-state index is 0.740. The van der Waals surface area contributed by atoms with E-state index in [0.717, 1.165) is 34.7 Å². The molecule has 108 valence electrons. The molecule has 1 aliphatic heterocycles. The van der Waals surface area contributed by atoms with Crippen molar-refractivity contribution in [2.45, 2.75) is 17.1 Å². The molecule has 0 saturated heterocycles. The first-order chi connectivity index (χ1) is 10.3. The van der Waals surface area contributed by atoms with Crippen LogP contribution in [0.2, 0.25) is 0 Å². The summed E-state index contributed by atoms with van der Waals surface area (Å²) in [6, 6.07) is 16.9. The Bertz CT molecular complexity index is 649. The lowest BCUT2D eigenvalue weighted by atomic mass is 10.1. The molecular formula is C15H13BrN2OS2. The lowest BCUT2D eigenvalue weighted by Crippen LogP contribution is -2.14. The normalized spacial score (nSPS) is 13.5. The third-order valence-corrected chi connectivity index (χ3v) is 5.11. The summed E-state index contributed by atoms with van der Waals surface area (Å²) in [4.78, 5) is 1.27. The molecule has 3 nitrogen and oxygen atoms in total.